The third kappa shape index (κ3) is 3.09. The zero-order chi connectivity index (χ0) is 20.9. The van der Waals surface area contributed by atoms with Crippen LogP contribution >= 0.6 is 0 Å². The summed E-state index contributed by atoms with van der Waals surface area (Å²) in [5, 5.41) is 10.7. The van der Waals surface area contributed by atoms with Crippen molar-refractivity contribution in [3.63, 3.8) is 0 Å². The number of H-pyrrole nitrogens is 1. The first-order valence-electron chi connectivity index (χ1n) is 8.70. The number of aromatic nitrogens is 2. The van der Waals surface area contributed by atoms with Crippen LogP contribution in [0.3, 0.4) is 0 Å². The summed E-state index contributed by atoms with van der Waals surface area (Å²) in [6.45, 7) is 0.914. The minimum absolute atomic E-state index is 0.153. The second-order valence-electron chi connectivity index (χ2n) is 6.72. The number of amides is 2. The third-order valence-electron chi connectivity index (χ3n) is 4.84. The molecule has 2 N–H and O–H groups in total. The van der Waals surface area contributed by atoms with E-state index in [-0.39, 0.29) is 16.7 Å². The lowest BCUT2D eigenvalue weighted by Gasteiger charge is -2.19. The molecule has 4 atom stereocenters. The van der Waals surface area contributed by atoms with Crippen LogP contribution in [0.2, 0.25) is 0 Å². The maximum Gasteiger partial charge on any atom is 0.330 e. The van der Waals surface area contributed by atoms with Crippen LogP contribution in [0, 0.1) is 6.92 Å². The summed E-state index contributed by atoms with van der Waals surface area (Å²) in [6, 6.07) is 6.13. The fourth-order valence-corrected chi connectivity index (χ4v) is 3.27. The topological polar surface area (TPSA) is 131 Å². The van der Waals surface area contributed by atoms with E-state index in [9.17, 15) is 28.7 Å². The Balaban J connectivity index is 1.49. The Morgan fingerprint density at radius 2 is 1.79 bits per heavy atom. The first-order valence-corrected chi connectivity index (χ1v) is 8.70. The highest BCUT2D eigenvalue weighted by Gasteiger charge is 2.47. The molecule has 2 aliphatic heterocycles. The summed E-state index contributed by atoms with van der Waals surface area (Å²) >= 11 is 0. The third-order valence-corrected chi connectivity index (χ3v) is 4.84. The van der Waals surface area contributed by atoms with Crippen LogP contribution in [0.1, 0.15) is 32.5 Å². The molecule has 2 aliphatic rings. The van der Waals surface area contributed by atoms with Gasteiger partial charge in [-0.15, -0.1) is 5.06 Å². The molecule has 10 nitrogen and oxygen atoms in total. The molecular weight excluding hydrogens is 389 g/mol. The minimum Gasteiger partial charge on any atom is -0.387 e. The number of halogens is 1. The van der Waals surface area contributed by atoms with Gasteiger partial charge in [-0.25, -0.2) is 9.18 Å². The predicted octanol–water partition coefficient (Wildman–Crippen LogP) is -0.331. The van der Waals surface area contributed by atoms with Crippen molar-refractivity contribution in [2.24, 2.45) is 0 Å². The number of aliphatic hydroxyl groups excluding tert-OH is 1. The Hall–Kier alpha value is -3.15. The van der Waals surface area contributed by atoms with Gasteiger partial charge in [0.15, 0.2) is 12.4 Å². The van der Waals surface area contributed by atoms with E-state index in [0.29, 0.717) is 5.06 Å². The Morgan fingerprint density at radius 1 is 1.17 bits per heavy atom. The monoisotopic (exact) mass is 405 g/mol. The molecule has 29 heavy (non-hydrogen) atoms. The van der Waals surface area contributed by atoms with Crippen LogP contribution in [-0.2, 0) is 9.57 Å². The molecule has 0 spiro atoms. The molecule has 4 rings (SSSR count). The molecule has 1 unspecified atom stereocenters. The Bertz CT molecular complexity index is 1080. The largest absolute Gasteiger partial charge is 0.387 e. The van der Waals surface area contributed by atoms with Crippen molar-refractivity contribution < 1.29 is 28.7 Å². The Morgan fingerprint density at radius 3 is 2.41 bits per heavy atom. The lowest BCUT2D eigenvalue weighted by atomic mass is 10.1. The number of carbonyl (C=O) groups is 2. The average molecular weight is 405 g/mol. The predicted molar refractivity (Wildman–Crippen MR) is 93.8 cm³/mol. The van der Waals surface area contributed by atoms with Gasteiger partial charge in [-0.3, -0.25) is 28.8 Å². The number of carbonyl (C=O) groups excluding carboxylic acids is 2. The van der Waals surface area contributed by atoms with Crippen molar-refractivity contribution in [3.05, 3.63) is 68.0 Å². The van der Waals surface area contributed by atoms with E-state index in [0.717, 1.165) is 10.8 Å². The van der Waals surface area contributed by atoms with E-state index in [2.05, 4.69) is 0 Å². The summed E-state index contributed by atoms with van der Waals surface area (Å²) in [7, 11) is 0. The van der Waals surface area contributed by atoms with Gasteiger partial charge in [0, 0.05) is 11.8 Å². The number of aliphatic hydroxyl groups is 1. The first kappa shape index (κ1) is 19.2. The number of fused-ring (bicyclic) bond motifs is 1. The van der Waals surface area contributed by atoms with Gasteiger partial charge in [-0.2, -0.15) is 0 Å². The maximum atomic E-state index is 14.6. The van der Waals surface area contributed by atoms with Gasteiger partial charge >= 0.3 is 5.69 Å². The van der Waals surface area contributed by atoms with Crippen LogP contribution in [0.5, 0.6) is 0 Å². The van der Waals surface area contributed by atoms with E-state index in [1.165, 1.54) is 19.1 Å². The van der Waals surface area contributed by atoms with Gasteiger partial charge in [0.1, 0.15) is 18.8 Å². The van der Waals surface area contributed by atoms with Gasteiger partial charge < -0.3 is 9.84 Å². The Labute approximate surface area is 162 Å². The SMILES string of the molecule is Cc1cn([C@@H]2O[C@H](CON3C(=O)c4ccccc4C3=O)[C@@H](O)C2F)c(=O)[nH]c1=O. The lowest BCUT2D eigenvalue weighted by Crippen LogP contribution is -2.37. The van der Waals surface area contributed by atoms with Crippen molar-refractivity contribution in [2.75, 3.05) is 6.61 Å². The molecule has 0 aliphatic carbocycles. The minimum atomic E-state index is -2.01. The molecule has 1 saturated heterocycles. The second kappa shape index (κ2) is 7.03. The number of benzene rings is 1. The highest BCUT2D eigenvalue weighted by Crippen LogP contribution is 2.32. The zero-order valence-corrected chi connectivity index (χ0v) is 15.1. The number of alkyl halides is 1. The smallest absolute Gasteiger partial charge is 0.330 e. The summed E-state index contributed by atoms with van der Waals surface area (Å²) in [5.41, 5.74) is -1.03. The molecule has 11 heteroatoms. The molecule has 1 fully saturated rings. The zero-order valence-electron chi connectivity index (χ0n) is 15.1. The molecule has 2 aromatic rings. The quantitative estimate of drug-likeness (QED) is 0.666. The first-order chi connectivity index (χ1) is 13.8. The normalized spacial score (nSPS) is 26.2. The Kier molecular flexibility index (Phi) is 4.65. The van der Waals surface area contributed by atoms with Crippen LogP contribution in [-0.4, -0.2) is 56.5 Å². The summed E-state index contributed by atoms with van der Waals surface area (Å²) in [6.07, 6.45) is -5.34. The van der Waals surface area contributed by atoms with Gasteiger partial charge in [0.25, 0.3) is 17.4 Å². The number of imide groups is 1. The molecule has 3 heterocycles. The molecule has 0 saturated carbocycles. The number of hydroxylamine groups is 2. The molecule has 0 radical (unpaired) electrons. The highest BCUT2D eigenvalue weighted by atomic mass is 19.1. The van der Waals surface area contributed by atoms with Crippen LogP contribution in [0.15, 0.2) is 40.1 Å². The maximum absolute atomic E-state index is 14.6. The van der Waals surface area contributed by atoms with Gasteiger partial charge in [0.05, 0.1) is 11.1 Å². The van der Waals surface area contributed by atoms with Crippen LogP contribution in [0.4, 0.5) is 4.39 Å². The molecular formula is C18H16FN3O7. The van der Waals surface area contributed by atoms with Crippen molar-refractivity contribution in [3.8, 4) is 0 Å². The van der Waals surface area contributed by atoms with E-state index >= 15 is 0 Å². The number of nitrogens with one attached hydrogen (secondary N) is 1. The van der Waals surface area contributed by atoms with Gasteiger partial charge in [0.2, 0.25) is 0 Å². The van der Waals surface area contributed by atoms with Crippen molar-refractivity contribution in [2.45, 2.75) is 31.5 Å². The highest BCUT2D eigenvalue weighted by molar-refractivity contribution is 6.20. The second-order valence-corrected chi connectivity index (χ2v) is 6.72. The number of hydrogen-bond donors (Lipinski definition) is 2. The van der Waals surface area contributed by atoms with E-state index in [1.807, 2.05) is 4.98 Å². The molecule has 1 aromatic heterocycles. The van der Waals surface area contributed by atoms with E-state index in [4.69, 9.17) is 9.57 Å². The number of aryl methyl sites for hydroxylation is 1. The standard InChI is InChI=1S/C18H16FN3O7/c1-8-6-21(18(27)20-14(8)24)17-12(19)13(23)11(29-17)7-28-22-15(25)9-4-2-3-5-10(9)16(22)26/h2-6,11-13,17,23H,7H2,1H3,(H,20,24,27)/t11-,12?,13-,17-/m1/s1. The molecule has 1 aromatic carbocycles. The number of nitrogens with zero attached hydrogens (tertiary/aromatic N) is 2. The van der Waals surface area contributed by atoms with Gasteiger partial charge in [-0.05, 0) is 19.1 Å². The van der Waals surface area contributed by atoms with Gasteiger partial charge in [-0.1, -0.05) is 12.1 Å². The summed E-state index contributed by atoms with van der Waals surface area (Å²) in [4.78, 5) is 55.2. The van der Waals surface area contributed by atoms with Crippen molar-refractivity contribution in [1.29, 1.82) is 0 Å². The average Bonchev–Trinajstić information content (AvgIpc) is 3.11. The number of rotatable bonds is 4. The molecule has 2 amide bonds. The number of hydrogen-bond acceptors (Lipinski definition) is 7. The van der Waals surface area contributed by atoms with E-state index < -0.39 is 54.3 Å². The fraction of sp³-hybridized carbons (Fsp3) is 0.333. The van der Waals surface area contributed by atoms with Crippen LogP contribution in [0.25, 0.3) is 0 Å². The van der Waals surface area contributed by atoms with Crippen molar-refractivity contribution in [1.82, 2.24) is 14.6 Å². The summed E-state index contributed by atoms with van der Waals surface area (Å²) < 4.78 is 20.8. The van der Waals surface area contributed by atoms with Crippen molar-refractivity contribution >= 4 is 11.8 Å². The summed E-state index contributed by atoms with van der Waals surface area (Å²) in [5.74, 6) is -1.36. The lowest BCUT2D eigenvalue weighted by molar-refractivity contribution is -0.141. The molecule has 152 valence electrons. The number of aromatic amines is 1. The van der Waals surface area contributed by atoms with E-state index in [1.54, 1.807) is 12.1 Å². The number of ether oxygens (including phenoxy) is 1. The molecule has 0 bridgehead atoms. The fourth-order valence-electron chi connectivity index (χ4n) is 3.27. The van der Waals surface area contributed by atoms with Crippen LogP contribution < -0.4 is 11.2 Å².